The zero-order valence-corrected chi connectivity index (χ0v) is 21.9. The number of hydrogen-bond donors (Lipinski definition) is 2. The standard InChI is InChI=1S/C27H28F2N2O8/c1-14(30-26(33)24-25(32)22(38-5)10-11-31(24)35)27(34)39-15(2)23(18-12-16(28)6-8-20(18)36-3)19-13-17(29)7-9-21(19)37-4/h6-15,23,32H,1-5H3,(H,30,33)/t14-,15-/m0/s1. The summed E-state index contributed by atoms with van der Waals surface area (Å²) >= 11 is 0. The van der Waals surface area contributed by atoms with E-state index in [2.05, 4.69) is 5.32 Å². The number of methoxy groups -OCH3 is 3. The topological polar surface area (TPSA) is 130 Å². The van der Waals surface area contributed by atoms with E-state index in [1.54, 1.807) is 0 Å². The molecule has 0 bridgehead atoms. The molecule has 3 rings (SSSR count). The van der Waals surface area contributed by atoms with Crippen molar-refractivity contribution in [1.29, 1.82) is 0 Å². The van der Waals surface area contributed by atoms with Gasteiger partial charge in [-0.2, -0.15) is 4.73 Å². The van der Waals surface area contributed by atoms with Gasteiger partial charge in [0.1, 0.15) is 35.3 Å². The molecule has 208 valence electrons. The number of nitrogens with zero attached hydrogens (tertiary/aromatic N) is 1. The number of ether oxygens (including phenoxy) is 4. The van der Waals surface area contributed by atoms with Crippen LogP contribution in [0.1, 0.15) is 41.4 Å². The number of aromatic nitrogens is 1. The van der Waals surface area contributed by atoms with E-state index in [9.17, 15) is 28.7 Å². The second-order valence-corrected chi connectivity index (χ2v) is 8.49. The number of halogens is 2. The summed E-state index contributed by atoms with van der Waals surface area (Å²) in [5.74, 6) is -4.47. The van der Waals surface area contributed by atoms with Gasteiger partial charge in [0.25, 0.3) is 0 Å². The first-order valence-corrected chi connectivity index (χ1v) is 11.7. The molecule has 0 saturated carbocycles. The van der Waals surface area contributed by atoms with E-state index in [1.165, 1.54) is 77.6 Å². The number of benzene rings is 2. The minimum atomic E-state index is -1.30. The summed E-state index contributed by atoms with van der Waals surface area (Å²) in [5, 5.41) is 24.6. The molecule has 1 amide bonds. The summed E-state index contributed by atoms with van der Waals surface area (Å²) in [6, 6.07) is 7.39. The Bertz CT molecular complexity index is 1310. The molecule has 39 heavy (non-hydrogen) atoms. The fraction of sp³-hybridized carbons (Fsp3) is 0.296. The van der Waals surface area contributed by atoms with Crippen LogP contribution in [-0.4, -0.2) is 50.5 Å². The van der Waals surface area contributed by atoms with Gasteiger partial charge < -0.3 is 34.6 Å². The third kappa shape index (κ3) is 6.28. The molecule has 12 heteroatoms. The Morgan fingerprint density at radius 3 is 1.90 bits per heavy atom. The highest BCUT2D eigenvalue weighted by atomic mass is 19.1. The lowest BCUT2D eigenvalue weighted by molar-refractivity contribution is -0.608. The van der Waals surface area contributed by atoms with E-state index in [1.807, 2.05) is 0 Å². The van der Waals surface area contributed by atoms with E-state index >= 15 is 0 Å². The zero-order valence-electron chi connectivity index (χ0n) is 21.9. The molecule has 0 unspecified atom stereocenters. The van der Waals surface area contributed by atoms with Crippen LogP contribution in [0, 0.1) is 16.8 Å². The first-order valence-electron chi connectivity index (χ1n) is 11.7. The third-order valence-electron chi connectivity index (χ3n) is 6.00. The largest absolute Gasteiger partial charge is 0.618 e. The zero-order chi connectivity index (χ0) is 28.9. The van der Waals surface area contributed by atoms with E-state index in [0.29, 0.717) is 0 Å². The minimum Gasteiger partial charge on any atom is -0.618 e. The molecule has 0 aliphatic carbocycles. The van der Waals surface area contributed by atoms with Crippen LogP contribution >= 0.6 is 0 Å². The molecule has 0 radical (unpaired) electrons. The van der Waals surface area contributed by atoms with Crippen LogP contribution in [0.3, 0.4) is 0 Å². The Labute approximate surface area is 223 Å². The summed E-state index contributed by atoms with van der Waals surface area (Å²) in [7, 11) is 3.99. The Kier molecular flexibility index (Phi) is 9.12. The number of pyridine rings is 1. The molecule has 1 aromatic heterocycles. The van der Waals surface area contributed by atoms with Gasteiger partial charge in [-0.05, 0) is 50.2 Å². The molecule has 0 fully saturated rings. The van der Waals surface area contributed by atoms with Gasteiger partial charge in [0.05, 0.1) is 27.2 Å². The quantitative estimate of drug-likeness (QED) is 0.225. The molecule has 10 nitrogen and oxygen atoms in total. The Morgan fingerprint density at radius 1 is 0.897 bits per heavy atom. The Morgan fingerprint density at radius 2 is 1.41 bits per heavy atom. The van der Waals surface area contributed by atoms with Crippen molar-refractivity contribution in [1.82, 2.24) is 5.32 Å². The number of aromatic hydroxyl groups is 1. The molecule has 0 aliphatic heterocycles. The number of rotatable bonds is 10. The van der Waals surface area contributed by atoms with Crippen LogP contribution in [0.25, 0.3) is 0 Å². The summed E-state index contributed by atoms with van der Waals surface area (Å²) in [5.41, 5.74) is -0.173. The molecule has 0 spiro atoms. The molecule has 1 heterocycles. The summed E-state index contributed by atoms with van der Waals surface area (Å²) < 4.78 is 50.1. The Balaban J connectivity index is 1.93. The number of carbonyl (C=O) groups excluding carboxylic acids is 2. The van der Waals surface area contributed by atoms with Crippen LogP contribution in [0.5, 0.6) is 23.0 Å². The van der Waals surface area contributed by atoms with Gasteiger partial charge in [-0.25, -0.2) is 13.6 Å². The second kappa shape index (κ2) is 12.3. The van der Waals surface area contributed by atoms with Gasteiger partial charge in [0.2, 0.25) is 5.75 Å². The first-order chi connectivity index (χ1) is 18.5. The van der Waals surface area contributed by atoms with Crippen LogP contribution in [0.15, 0.2) is 48.7 Å². The minimum absolute atomic E-state index is 0.118. The van der Waals surface area contributed by atoms with E-state index in [-0.39, 0.29) is 33.1 Å². The molecule has 3 aromatic rings. The summed E-state index contributed by atoms with van der Waals surface area (Å²) in [4.78, 5) is 25.7. The van der Waals surface area contributed by atoms with Crippen molar-refractivity contribution in [3.05, 3.63) is 82.3 Å². The van der Waals surface area contributed by atoms with Crippen molar-refractivity contribution in [2.45, 2.75) is 31.9 Å². The van der Waals surface area contributed by atoms with Crippen LogP contribution in [-0.2, 0) is 9.53 Å². The molecule has 2 aromatic carbocycles. The highest BCUT2D eigenvalue weighted by Crippen LogP contribution is 2.40. The number of carbonyl (C=O) groups is 2. The van der Waals surface area contributed by atoms with Crippen molar-refractivity contribution in [3.63, 3.8) is 0 Å². The van der Waals surface area contributed by atoms with Gasteiger partial charge >= 0.3 is 17.6 Å². The number of nitrogens with one attached hydrogen (secondary N) is 1. The molecular weight excluding hydrogens is 518 g/mol. The van der Waals surface area contributed by atoms with Crippen molar-refractivity contribution in [2.75, 3.05) is 21.3 Å². The van der Waals surface area contributed by atoms with Gasteiger partial charge in [0, 0.05) is 17.2 Å². The normalized spacial score (nSPS) is 12.4. The fourth-order valence-electron chi connectivity index (χ4n) is 4.13. The van der Waals surface area contributed by atoms with Crippen molar-refractivity contribution in [3.8, 4) is 23.0 Å². The summed E-state index contributed by atoms with van der Waals surface area (Å²) in [6.07, 6.45) is -0.0973. The highest BCUT2D eigenvalue weighted by molar-refractivity contribution is 5.96. The van der Waals surface area contributed by atoms with Gasteiger partial charge in [-0.1, -0.05) is 0 Å². The van der Waals surface area contributed by atoms with Crippen LogP contribution in [0.4, 0.5) is 8.78 Å². The SMILES string of the molecule is COc1ccc(F)cc1C(c1cc(F)ccc1OC)[C@H](C)OC(=O)[C@H](C)NC(=O)c1c(O)c(OC)cc[n+]1[O-]. The van der Waals surface area contributed by atoms with Crippen molar-refractivity contribution >= 4 is 11.9 Å². The maximum atomic E-state index is 14.3. The van der Waals surface area contributed by atoms with Crippen molar-refractivity contribution in [2.24, 2.45) is 0 Å². The summed E-state index contributed by atoms with van der Waals surface area (Å²) in [6.45, 7) is 2.81. The lowest BCUT2D eigenvalue weighted by Gasteiger charge is -2.28. The molecule has 0 aliphatic rings. The predicted octanol–water partition coefficient (Wildman–Crippen LogP) is 3.21. The smallest absolute Gasteiger partial charge is 0.328 e. The van der Waals surface area contributed by atoms with Crippen LogP contribution < -0.4 is 24.3 Å². The number of hydrogen-bond acceptors (Lipinski definition) is 8. The molecule has 2 atom stereocenters. The maximum absolute atomic E-state index is 14.3. The predicted molar refractivity (Wildman–Crippen MR) is 134 cm³/mol. The average Bonchev–Trinajstić information content (AvgIpc) is 2.89. The van der Waals surface area contributed by atoms with Gasteiger partial charge in [-0.15, -0.1) is 0 Å². The molecule has 0 saturated heterocycles. The second-order valence-electron chi connectivity index (χ2n) is 8.49. The number of amides is 1. The third-order valence-corrected chi connectivity index (χ3v) is 6.00. The van der Waals surface area contributed by atoms with Gasteiger partial charge in [0.15, 0.2) is 11.9 Å². The lowest BCUT2D eigenvalue weighted by Crippen LogP contribution is -2.46. The lowest BCUT2D eigenvalue weighted by atomic mass is 9.85. The maximum Gasteiger partial charge on any atom is 0.328 e. The molecule has 2 N–H and O–H groups in total. The van der Waals surface area contributed by atoms with Crippen molar-refractivity contribution < 1.29 is 47.2 Å². The van der Waals surface area contributed by atoms with E-state index in [4.69, 9.17) is 18.9 Å². The number of esters is 1. The average molecular weight is 547 g/mol. The van der Waals surface area contributed by atoms with E-state index < -0.39 is 53.0 Å². The van der Waals surface area contributed by atoms with E-state index in [0.717, 1.165) is 6.20 Å². The first kappa shape index (κ1) is 29.0. The molecular formula is C27H28F2N2O8. The monoisotopic (exact) mass is 546 g/mol. The van der Waals surface area contributed by atoms with Crippen LogP contribution in [0.2, 0.25) is 0 Å². The fourth-order valence-corrected chi connectivity index (χ4v) is 4.13. The Hall–Kier alpha value is -4.61. The van der Waals surface area contributed by atoms with Gasteiger partial charge in [-0.3, -0.25) is 4.79 Å². The highest BCUT2D eigenvalue weighted by Gasteiger charge is 2.33.